The summed E-state index contributed by atoms with van der Waals surface area (Å²) in [6.45, 7) is 14.9. The van der Waals surface area contributed by atoms with Crippen LogP contribution in [0.25, 0.3) is 0 Å². The van der Waals surface area contributed by atoms with Gasteiger partial charge in [0.05, 0.1) is 6.10 Å². The first-order valence-electron chi connectivity index (χ1n) is 6.43. The summed E-state index contributed by atoms with van der Waals surface area (Å²) in [5, 5.41) is 0. The molecule has 0 aliphatic rings. The average molecular weight is 244 g/mol. The predicted octanol–water partition coefficient (Wildman–Crippen LogP) is 4.68. The molecule has 0 saturated heterocycles. The highest BCUT2D eigenvalue weighted by atomic mass is 28.4. The Bertz CT molecular complexity index is 218. The first-order chi connectivity index (χ1) is 7.40. The molecule has 0 aromatic heterocycles. The molecule has 0 aliphatic heterocycles. The Balaban J connectivity index is 4.80. The number of ether oxygens (including phenoxy) is 1. The van der Waals surface area contributed by atoms with Crippen molar-refractivity contribution in [2.45, 2.75) is 72.7 Å². The molecule has 0 amide bonds. The lowest BCUT2D eigenvalue weighted by Crippen LogP contribution is -2.36. The van der Waals surface area contributed by atoms with Crippen molar-refractivity contribution in [3.63, 3.8) is 0 Å². The van der Waals surface area contributed by atoms with Crippen molar-refractivity contribution in [3.8, 4) is 0 Å². The minimum absolute atomic E-state index is 0.183. The van der Waals surface area contributed by atoms with Gasteiger partial charge in [0, 0.05) is 5.57 Å². The van der Waals surface area contributed by atoms with Gasteiger partial charge in [-0.05, 0) is 45.8 Å². The zero-order valence-electron chi connectivity index (χ0n) is 12.0. The quantitative estimate of drug-likeness (QED) is 0.478. The van der Waals surface area contributed by atoms with E-state index in [9.17, 15) is 0 Å². The van der Waals surface area contributed by atoms with Gasteiger partial charge in [0.2, 0.25) is 0 Å². The van der Waals surface area contributed by atoms with Gasteiger partial charge in [-0.25, -0.2) is 0 Å². The third-order valence-electron chi connectivity index (χ3n) is 2.99. The summed E-state index contributed by atoms with van der Waals surface area (Å²) in [6, 6.07) is 3.45. The molecule has 0 N–H and O–H groups in total. The van der Waals surface area contributed by atoms with Crippen LogP contribution >= 0.6 is 0 Å². The van der Waals surface area contributed by atoms with Crippen LogP contribution in [0.3, 0.4) is 0 Å². The Labute approximate surface area is 102 Å². The summed E-state index contributed by atoms with van der Waals surface area (Å²) in [5.41, 5.74) is 1.14. The third-order valence-corrected chi connectivity index (χ3v) is 7.48. The molecule has 16 heavy (non-hydrogen) atoms. The van der Waals surface area contributed by atoms with Crippen LogP contribution in [0.4, 0.5) is 0 Å². The van der Waals surface area contributed by atoms with Crippen LogP contribution in [0.2, 0.25) is 18.1 Å². The molecular weight excluding hydrogens is 216 g/mol. The van der Waals surface area contributed by atoms with Gasteiger partial charge in [-0.2, -0.15) is 0 Å². The van der Waals surface area contributed by atoms with Gasteiger partial charge in [0.1, 0.15) is 0 Å². The summed E-state index contributed by atoms with van der Waals surface area (Å²) in [4.78, 5) is 0. The topological polar surface area (TPSA) is 18.5 Å². The molecule has 3 heteroatoms. The normalized spacial score (nSPS) is 11.5. The second-order valence-electron chi connectivity index (χ2n) is 4.80. The Kier molecular flexibility index (Phi) is 6.80. The van der Waals surface area contributed by atoms with Gasteiger partial charge in [-0.1, -0.05) is 20.8 Å². The van der Waals surface area contributed by atoms with E-state index in [-0.39, 0.29) is 6.10 Å². The van der Waals surface area contributed by atoms with E-state index >= 15 is 0 Å². The Morgan fingerprint density at radius 1 is 1.00 bits per heavy atom. The molecule has 0 aliphatic carbocycles. The predicted molar refractivity (Wildman–Crippen MR) is 72.9 cm³/mol. The van der Waals surface area contributed by atoms with E-state index in [1.165, 1.54) is 0 Å². The summed E-state index contributed by atoms with van der Waals surface area (Å²) in [6.07, 6.45) is 0.183. The number of hydrogen-bond acceptors (Lipinski definition) is 2. The lowest BCUT2D eigenvalue weighted by Gasteiger charge is -2.31. The maximum absolute atomic E-state index is 6.25. The number of allylic oxidation sites excluding steroid dienone is 1. The molecule has 0 aromatic carbocycles. The molecule has 0 saturated carbocycles. The molecule has 0 rings (SSSR count). The monoisotopic (exact) mass is 244 g/mol. The molecule has 0 atom stereocenters. The molecule has 0 fully saturated rings. The van der Waals surface area contributed by atoms with E-state index in [0.29, 0.717) is 0 Å². The summed E-state index contributed by atoms with van der Waals surface area (Å²) >= 11 is 0. The Morgan fingerprint density at radius 3 is 1.69 bits per heavy atom. The highest BCUT2D eigenvalue weighted by molar-refractivity contribution is 6.73. The van der Waals surface area contributed by atoms with Crippen LogP contribution in [0.5, 0.6) is 0 Å². The van der Waals surface area contributed by atoms with Gasteiger partial charge in [0.25, 0.3) is 14.3 Å². The highest BCUT2D eigenvalue weighted by Gasteiger charge is 2.32. The van der Waals surface area contributed by atoms with E-state index in [4.69, 9.17) is 9.16 Å². The molecule has 0 aromatic rings. The van der Waals surface area contributed by atoms with Crippen molar-refractivity contribution >= 4 is 8.32 Å². The van der Waals surface area contributed by atoms with Crippen molar-refractivity contribution in [2.24, 2.45) is 0 Å². The first kappa shape index (κ1) is 15.6. The Hall–Kier alpha value is -0.443. The molecule has 0 bridgehead atoms. The zero-order valence-corrected chi connectivity index (χ0v) is 13.0. The maximum atomic E-state index is 6.25. The van der Waals surface area contributed by atoms with Gasteiger partial charge in [-0.15, -0.1) is 0 Å². The van der Waals surface area contributed by atoms with Gasteiger partial charge in [-0.3, -0.25) is 0 Å². The average Bonchev–Trinajstić information content (AvgIpc) is 2.24. The van der Waals surface area contributed by atoms with Crippen LogP contribution in [0.15, 0.2) is 11.5 Å². The van der Waals surface area contributed by atoms with E-state index in [1.54, 1.807) is 0 Å². The van der Waals surface area contributed by atoms with Crippen LogP contribution in [0, 0.1) is 0 Å². The zero-order chi connectivity index (χ0) is 12.8. The Morgan fingerprint density at radius 2 is 1.44 bits per heavy atom. The molecular formula is C13H28O2Si. The molecule has 0 heterocycles. The summed E-state index contributed by atoms with van der Waals surface area (Å²) in [5.74, 6) is 0.771. The highest BCUT2D eigenvalue weighted by Crippen LogP contribution is 2.26. The van der Waals surface area contributed by atoms with Crippen molar-refractivity contribution in [1.29, 1.82) is 0 Å². The van der Waals surface area contributed by atoms with Crippen LogP contribution in [0.1, 0.15) is 48.5 Å². The second-order valence-corrected chi connectivity index (χ2v) is 9.49. The second kappa shape index (κ2) is 7.00. The van der Waals surface area contributed by atoms with Crippen molar-refractivity contribution in [3.05, 3.63) is 11.5 Å². The fourth-order valence-corrected chi connectivity index (χ4v) is 4.20. The van der Waals surface area contributed by atoms with E-state index in [2.05, 4.69) is 34.6 Å². The molecule has 0 spiro atoms. The SMILES string of the molecule is CC[Si](CC)(CC)OC(OC(C)C)=C(C)C. The lowest BCUT2D eigenvalue weighted by atomic mass is 10.4. The fourth-order valence-electron chi connectivity index (χ4n) is 1.62. The van der Waals surface area contributed by atoms with Gasteiger partial charge in [0.15, 0.2) is 0 Å². The lowest BCUT2D eigenvalue weighted by molar-refractivity contribution is 0.0547. The minimum Gasteiger partial charge on any atom is -0.519 e. The smallest absolute Gasteiger partial charge is 0.264 e. The molecule has 96 valence electrons. The van der Waals surface area contributed by atoms with E-state index in [0.717, 1.165) is 29.7 Å². The van der Waals surface area contributed by atoms with Gasteiger partial charge >= 0.3 is 0 Å². The third kappa shape index (κ3) is 4.60. The maximum Gasteiger partial charge on any atom is 0.264 e. The molecule has 2 nitrogen and oxygen atoms in total. The van der Waals surface area contributed by atoms with Crippen LogP contribution < -0.4 is 0 Å². The van der Waals surface area contributed by atoms with Crippen LogP contribution in [-0.2, 0) is 9.16 Å². The molecule has 0 radical (unpaired) electrons. The largest absolute Gasteiger partial charge is 0.519 e. The number of rotatable bonds is 7. The number of hydrogen-bond donors (Lipinski definition) is 0. The first-order valence-corrected chi connectivity index (χ1v) is 8.96. The van der Waals surface area contributed by atoms with E-state index < -0.39 is 8.32 Å². The van der Waals surface area contributed by atoms with Crippen molar-refractivity contribution in [2.75, 3.05) is 0 Å². The van der Waals surface area contributed by atoms with E-state index in [1.807, 2.05) is 13.8 Å². The van der Waals surface area contributed by atoms with Gasteiger partial charge < -0.3 is 9.16 Å². The summed E-state index contributed by atoms with van der Waals surface area (Å²) < 4.78 is 12.0. The standard InChI is InChI=1S/C13H28O2Si/c1-8-16(9-2,10-3)15-13(11(4)5)14-12(6)7/h12H,8-10H2,1-7H3. The fraction of sp³-hybridized carbons (Fsp3) is 0.846. The van der Waals surface area contributed by atoms with Crippen molar-refractivity contribution < 1.29 is 9.16 Å². The molecule has 0 unspecified atom stereocenters. The summed E-state index contributed by atoms with van der Waals surface area (Å²) in [7, 11) is -1.59. The minimum atomic E-state index is -1.59. The van der Waals surface area contributed by atoms with Crippen LogP contribution in [-0.4, -0.2) is 14.4 Å². The van der Waals surface area contributed by atoms with Crippen molar-refractivity contribution in [1.82, 2.24) is 0 Å².